The van der Waals surface area contributed by atoms with Gasteiger partial charge in [-0.15, -0.1) is 11.3 Å². The van der Waals surface area contributed by atoms with Crippen LogP contribution < -0.4 is 5.59 Å². The van der Waals surface area contributed by atoms with Gasteiger partial charge in [0.2, 0.25) is 0 Å². The third kappa shape index (κ3) is 6.89. The van der Waals surface area contributed by atoms with Crippen molar-refractivity contribution in [3.8, 4) is 50.4 Å². The van der Waals surface area contributed by atoms with Crippen molar-refractivity contribution in [2.24, 2.45) is 0 Å². The van der Waals surface area contributed by atoms with Gasteiger partial charge in [0, 0.05) is 33.6 Å². The summed E-state index contributed by atoms with van der Waals surface area (Å²) in [7, 11) is 0.886. The molecule has 8 aromatic rings. The molecule has 0 saturated heterocycles. The second-order valence-electron chi connectivity index (χ2n) is 13.1. The van der Waals surface area contributed by atoms with Crippen molar-refractivity contribution in [1.29, 1.82) is 0 Å². The first-order valence-electron chi connectivity index (χ1n) is 18.2. The summed E-state index contributed by atoms with van der Waals surface area (Å²) >= 11 is 1.68. The monoisotopic (exact) mass is 715 g/mol. The van der Waals surface area contributed by atoms with E-state index in [4.69, 9.17) is 19.9 Å². The lowest BCUT2D eigenvalue weighted by molar-refractivity contribution is 1.07. The van der Waals surface area contributed by atoms with E-state index in [9.17, 15) is 0 Å². The molecule has 5 aromatic carbocycles. The molecule has 3 heterocycles. The Hall–Kier alpha value is -6.44. The van der Waals surface area contributed by atoms with E-state index in [0.717, 1.165) is 67.3 Å². The first kappa shape index (κ1) is 34.6. The molecule has 7 heteroatoms. The van der Waals surface area contributed by atoms with E-state index in [2.05, 4.69) is 111 Å². The predicted molar refractivity (Wildman–Crippen MR) is 231 cm³/mol. The van der Waals surface area contributed by atoms with Crippen molar-refractivity contribution in [3.63, 3.8) is 0 Å². The minimum atomic E-state index is 0.629. The largest absolute Gasteiger partial charge is 0.323 e. The Balaban J connectivity index is 1.18. The Morgan fingerprint density at radius 2 is 1.28 bits per heavy atom. The lowest BCUT2D eigenvalue weighted by Gasteiger charge is -2.13. The summed E-state index contributed by atoms with van der Waals surface area (Å²) in [5, 5.41) is 0.958. The first-order valence-corrected chi connectivity index (χ1v) is 19.0. The Kier molecular flexibility index (Phi) is 9.80. The molecule has 0 fully saturated rings. The zero-order chi connectivity index (χ0) is 37.0. The highest BCUT2D eigenvalue weighted by Crippen LogP contribution is 2.35. The van der Waals surface area contributed by atoms with E-state index >= 15 is 0 Å². The summed E-state index contributed by atoms with van der Waals surface area (Å²) in [6.45, 7) is 10.9. The van der Waals surface area contributed by atoms with Crippen LogP contribution in [0.3, 0.4) is 0 Å². The Labute approximate surface area is 321 Å². The molecule has 0 radical (unpaired) electrons. The van der Waals surface area contributed by atoms with Gasteiger partial charge in [-0.3, -0.25) is 0 Å². The average molecular weight is 716 g/mol. The van der Waals surface area contributed by atoms with Gasteiger partial charge in [-0.2, -0.15) is 0 Å². The lowest BCUT2D eigenvalue weighted by Crippen LogP contribution is -2.24. The Morgan fingerprint density at radius 3 is 1.91 bits per heavy atom. The van der Waals surface area contributed by atoms with Gasteiger partial charge >= 0.3 is 0 Å². The number of allylic oxidation sites excluding steroid dienone is 3. The first-order chi connectivity index (χ1) is 26.5. The van der Waals surface area contributed by atoms with Gasteiger partial charge in [0.15, 0.2) is 24.8 Å². The molecule has 54 heavy (non-hydrogen) atoms. The topological polar surface area (TPSA) is 56.5 Å². The highest BCUT2D eigenvalue weighted by Gasteiger charge is 2.19. The van der Waals surface area contributed by atoms with E-state index in [1.807, 2.05) is 78.9 Å². The summed E-state index contributed by atoms with van der Waals surface area (Å²) in [6, 6.07) is 45.4. The van der Waals surface area contributed by atoms with Gasteiger partial charge in [-0.05, 0) is 78.1 Å². The van der Waals surface area contributed by atoms with Crippen molar-refractivity contribution in [2.75, 3.05) is 0 Å². The Morgan fingerprint density at radius 1 is 0.667 bits per heavy atom. The fourth-order valence-electron chi connectivity index (χ4n) is 6.85. The maximum absolute atomic E-state index is 5.11. The highest BCUT2D eigenvalue weighted by molar-refractivity contribution is 7.21. The average Bonchev–Trinajstić information content (AvgIpc) is 3.78. The minimum Gasteiger partial charge on any atom is -0.323 e. The maximum atomic E-state index is 5.11. The van der Waals surface area contributed by atoms with Crippen LogP contribution in [0, 0.1) is 6.92 Å². The molecule has 0 bridgehead atoms. The molecular weight excluding hydrogens is 677 g/mol. The van der Waals surface area contributed by atoms with Gasteiger partial charge in [0.25, 0.3) is 0 Å². The van der Waals surface area contributed by atoms with Crippen LogP contribution in [0.1, 0.15) is 29.3 Å². The van der Waals surface area contributed by atoms with Crippen LogP contribution in [-0.2, 0) is 0 Å². The fraction of sp³-hybridized carbons (Fsp3) is 0.0638. The summed E-state index contributed by atoms with van der Waals surface area (Å²) < 4.78 is 3.46. The van der Waals surface area contributed by atoms with E-state index in [1.54, 1.807) is 11.3 Å². The third-order valence-electron chi connectivity index (χ3n) is 9.56. The number of thiazole rings is 1. The van der Waals surface area contributed by atoms with Crippen LogP contribution in [0.25, 0.3) is 78.4 Å². The van der Waals surface area contributed by atoms with Gasteiger partial charge in [-0.25, -0.2) is 19.9 Å². The molecule has 0 N–H and O–H groups in total. The molecule has 8 rings (SSSR count). The Bertz CT molecular complexity index is 2620. The quantitative estimate of drug-likeness (QED) is 0.104. The van der Waals surface area contributed by atoms with Crippen molar-refractivity contribution >= 4 is 52.2 Å². The van der Waals surface area contributed by atoms with E-state index in [0.29, 0.717) is 17.5 Å². The molecule has 260 valence electrons. The summed E-state index contributed by atoms with van der Waals surface area (Å²) in [5.41, 5.74) is 12.9. The summed E-state index contributed by atoms with van der Waals surface area (Å²) in [4.78, 5) is 19.9. The smallest absolute Gasteiger partial charge is 0.177 e. The number of nitrogens with zero attached hydrogens (tertiary/aromatic N) is 5. The molecule has 0 atom stereocenters. The van der Waals surface area contributed by atoms with E-state index in [-0.39, 0.29) is 0 Å². The lowest BCUT2D eigenvalue weighted by atomic mass is 9.75. The zero-order valence-electron chi connectivity index (χ0n) is 30.6. The predicted octanol–water partition coefficient (Wildman–Crippen LogP) is 11.1. The molecule has 0 saturated carbocycles. The molecule has 0 unspecified atom stereocenters. The summed E-state index contributed by atoms with van der Waals surface area (Å²) in [5.74, 6) is 1.91. The molecular formula is C47H38BN5S. The van der Waals surface area contributed by atoms with Crippen molar-refractivity contribution < 1.29 is 0 Å². The zero-order valence-corrected chi connectivity index (χ0v) is 31.4. The molecule has 0 aliphatic rings. The number of aromatic nitrogens is 5. The number of benzene rings is 5. The number of hydrogen-bond acceptors (Lipinski definition) is 5. The molecule has 3 aromatic heterocycles. The summed E-state index contributed by atoms with van der Waals surface area (Å²) in [6.07, 6.45) is 8.67. The normalized spacial score (nSPS) is 11.5. The molecule has 0 amide bonds. The second kappa shape index (κ2) is 15.3. The van der Waals surface area contributed by atoms with Crippen LogP contribution in [0.15, 0.2) is 152 Å². The highest BCUT2D eigenvalue weighted by atomic mass is 32.1. The van der Waals surface area contributed by atoms with Crippen molar-refractivity contribution in [3.05, 3.63) is 175 Å². The molecule has 5 nitrogen and oxygen atoms in total. The molecule has 0 spiro atoms. The number of fused-ring (bicyclic) bond motifs is 1. The minimum absolute atomic E-state index is 0.629. The van der Waals surface area contributed by atoms with Gasteiger partial charge in [0.1, 0.15) is 5.01 Å². The van der Waals surface area contributed by atoms with E-state index < -0.39 is 0 Å². The third-order valence-corrected chi connectivity index (χ3v) is 10.6. The van der Waals surface area contributed by atoms with Crippen LogP contribution >= 0.6 is 11.3 Å². The van der Waals surface area contributed by atoms with Gasteiger partial charge in [0.05, 0.1) is 10.2 Å². The van der Waals surface area contributed by atoms with Gasteiger partial charge < -0.3 is 4.57 Å². The van der Waals surface area contributed by atoms with Crippen LogP contribution in [0.5, 0.6) is 0 Å². The second-order valence-corrected chi connectivity index (χ2v) is 14.1. The van der Waals surface area contributed by atoms with Crippen LogP contribution in [0.4, 0.5) is 0 Å². The SMILES string of the molecule is C=C(/C=C\c1c(C)c(/C=C\C)c(BC)n1-c1cccc(-c2nc3ccc(-c4nc(-c5ccccc5)nc(-c5ccccc5)n4)cc3s2)c1)c1ccccc1. The number of rotatable bonds is 10. The van der Waals surface area contributed by atoms with Crippen LogP contribution in [0.2, 0.25) is 6.82 Å². The van der Waals surface area contributed by atoms with Crippen molar-refractivity contribution in [2.45, 2.75) is 20.7 Å². The fourth-order valence-corrected chi connectivity index (χ4v) is 7.85. The molecule has 0 aliphatic carbocycles. The van der Waals surface area contributed by atoms with Gasteiger partial charge in [-0.1, -0.05) is 135 Å². The standard InChI is InChI=1S/C47H38BN5S/c1-5-16-39-32(3)41(28-25-31(2)33-17-9-6-10-18-33)53(43(39)48-4)38-24-15-23-37(29-38)47-49-40-27-26-36(30-42(40)54-47)46-51-44(34-19-11-7-12-20-34)50-45(52-46)35-21-13-8-14-22-35/h5-30,48H,2H2,1,3-4H3/b16-5-,28-25-. The molecule has 0 aliphatic heterocycles. The van der Waals surface area contributed by atoms with Crippen LogP contribution in [-0.4, -0.2) is 31.8 Å². The van der Waals surface area contributed by atoms with E-state index in [1.165, 1.54) is 16.7 Å². The maximum Gasteiger partial charge on any atom is 0.177 e. The number of hydrogen-bond donors (Lipinski definition) is 0. The van der Waals surface area contributed by atoms with Crippen molar-refractivity contribution in [1.82, 2.24) is 24.5 Å².